The van der Waals surface area contributed by atoms with E-state index in [-0.39, 0.29) is 16.7 Å². The molecule has 0 spiro atoms. The van der Waals surface area contributed by atoms with Gasteiger partial charge in [-0.1, -0.05) is 41.9 Å². The van der Waals surface area contributed by atoms with Crippen LogP contribution in [0.2, 0.25) is 5.15 Å². The number of aryl methyl sites for hydroxylation is 2. The first kappa shape index (κ1) is 20.8. The first-order valence-electron chi connectivity index (χ1n) is 9.23. The monoisotopic (exact) mass is 445 g/mol. The Morgan fingerprint density at radius 2 is 1.74 bits per heavy atom. The lowest BCUT2D eigenvalue weighted by molar-refractivity contribution is -0.137. The third kappa shape index (κ3) is 4.83. The van der Waals surface area contributed by atoms with Crippen molar-refractivity contribution in [3.8, 4) is 0 Å². The zero-order chi connectivity index (χ0) is 22.0. The summed E-state index contributed by atoms with van der Waals surface area (Å²) in [5.41, 5.74) is 0.645. The van der Waals surface area contributed by atoms with E-state index in [0.29, 0.717) is 17.6 Å². The highest BCUT2D eigenvalue weighted by Crippen LogP contribution is 2.29. The summed E-state index contributed by atoms with van der Waals surface area (Å²) < 4.78 is 39.7. The van der Waals surface area contributed by atoms with Crippen LogP contribution >= 0.6 is 11.6 Å². The van der Waals surface area contributed by atoms with Crippen molar-refractivity contribution in [2.24, 2.45) is 0 Å². The van der Waals surface area contributed by atoms with Gasteiger partial charge in [-0.05, 0) is 36.2 Å². The van der Waals surface area contributed by atoms with Crippen LogP contribution in [0.25, 0.3) is 11.0 Å². The van der Waals surface area contributed by atoms with Crippen LogP contribution in [0.5, 0.6) is 0 Å². The number of aromatic nitrogens is 4. The molecule has 2 aromatic carbocycles. The van der Waals surface area contributed by atoms with E-state index in [2.05, 4.69) is 20.4 Å². The van der Waals surface area contributed by atoms with Gasteiger partial charge in [-0.2, -0.15) is 28.2 Å². The van der Waals surface area contributed by atoms with Gasteiger partial charge < -0.3 is 0 Å². The summed E-state index contributed by atoms with van der Waals surface area (Å²) in [5, 5.41) is 7.45. The van der Waals surface area contributed by atoms with Crippen LogP contribution in [0, 0.1) is 0 Å². The lowest BCUT2D eigenvalue weighted by atomic mass is 10.1. The topological polar surface area (TPSA) is 72.7 Å². The van der Waals surface area contributed by atoms with Gasteiger partial charge in [0.2, 0.25) is 5.95 Å². The lowest BCUT2D eigenvalue weighted by Gasteiger charge is -2.08. The van der Waals surface area contributed by atoms with Crippen molar-refractivity contribution in [3.05, 3.63) is 82.6 Å². The number of hydrogen-bond donors (Lipinski definition) is 1. The quantitative estimate of drug-likeness (QED) is 0.439. The molecule has 4 rings (SSSR count). The number of fused-ring (bicyclic) bond motifs is 1. The fourth-order valence-corrected chi connectivity index (χ4v) is 3.17. The Morgan fingerprint density at radius 1 is 1.03 bits per heavy atom. The Labute approximate surface area is 179 Å². The highest BCUT2D eigenvalue weighted by molar-refractivity contribution is 6.34. The highest BCUT2D eigenvalue weighted by Gasteiger charge is 2.30. The van der Waals surface area contributed by atoms with Crippen molar-refractivity contribution in [1.29, 1.82) is 0 Å². The van der Waals surface area contributed by atoms with Gasteiger partial charge in [0.25, 0.3) is 5.91 Å². The minimum absolute atomic E-state index is 0.0289. The largest absolute Gasteiger partial charge is 0.416 e. The first-order valence-corrected chi connectivity index (χ1v) is 9.60. The van der Waals surface area contributed by atoms with Crippen molar-refractivity contribution in [2.75, 3.05) is 5.32 Å². The fourth-order valence-electron chi connectivity index (χ4n) is 2.96. The second-order valence-electron chi connectivity index (χ2n) is 6.73. The molecular weight excluding hydrogens is 431 g/mol. The van der Waals surface area contributed by atoms with Gasteiger partial charge in [0.05, 0.1) is 10.9 Å². The zero-order valence-corrected chi connectivity index (χ0v) is 16.7. The molecule has 0 bridgehead atoms. The number of amides is 1. The fraction of sp³-hybridized carbons (Fsp3) is 0.143. The van der Waals surface area contributed by atoms with Gasteiger partial charge in [-0.25, -0.2) is 0 Å². The molecule has 158 valence electrons. The summed E-state index contributed by atoms with van der Waals surface area (Å²) in [7, 11) is 0. The molecule has 2 heterocycles. The number of halogens is 4. The van der Waals surface area contributed by atoms with E-state index >= 15 is 0 Å². The molecule has 0 fully saturated rings. The number of nitrogens with one attached hydrogen (secondary N) is 1. The van der Waals surface area contributed by atoms with E-state index in [9.17, 15) is 18.0 Å². The van der Waals surface area contributed by atoms with Crippen LogP contribution in [-0.4, -0.2) is 25.7 Å². The molecule has 0 aliphatic heterocycles. The maximum absolute atomic E-state index is 12.7. The Morgan fingerprint density at radius 3 is 2.42 bits per heavy atom. The Balaban J connectivity index is 1.49. The lowest BCUT2D eigenvalue weighted by Crippen LogP contribution is -2.15. The molecule has 31 heavy (non-hydrogen) atoms. The molecule has 0 unspecified atom stereocenters. The van der Waals surface area contributed by atoms with E-state index < -0.39 is 17.6 Å². The minimum atomic E-state index is -4.48. The van der Waals surface area contributed by atoms with Gasteiger partial charge in [-0.15, -0.1) is 0 Å². The summed E-state index contributed by atoms with van der Waals surface area (Å²) in [5.74, 6) is -0.747. The van der Waals surface area contributed by atoms with E-state index in [4.69, 9.17) is 11.6 Å². The minimum Gasteiger partial charge on any atom is -0.290 e. The average Bonchev–Trinajstić information content (AvgIpc) is 3.16. The molecule has 4 aromatic rings. The van der Waals surface area contributed by atoms with Crippen molar-refractivity contribution in [3.63, 3.8) is 0 Å². The molecule has 0 atom stereocenters. The third-order valence-electron chi connectivity index (χ3n) is 4.55. The number of carbonyl (C=O) groups excluding carboxylic acids is 1. The smallest absolute Gasteiger partial charge is 0.290 e. The summed E-state index contributed by atoms with van der Waals surface area (Å²) in [6.07, 6.45) is -1.99. The Bertz CT molecular complexity index is 1220. The van der Waals surface area contributed by atoms with Crippen molar-refractivity contribution in [1.82, 2.24) is 19.7 Å². The molecule has 0 radical (unpaired) electrons. The van der Waals surface area contributed by atoms with E-state index in [1.807, 2.05) is 30.3 Å². The Hall–Kier alpha value is -3.46. The molecule has 0 aliphatic carbocycles. The summed E-state index contributed by atoms with van der Waals surface area (Å²) in [6, 6.07) is 13.7. The van der Waals surface area contributed by atoms with Crippen LogP contribution in [0.1, 0.15) is 21.5 Å². The van der Waals surface area contributed by atoms with Gasteiger partial charge >= 0.3 is 6.18 Å². The number of alkyl halides is 3. The molecule has 10 heteroatoms. The second-order valence-corrected chi connectivity index (χ2v) is 7.09. The SMILES string of the molecule is O=C(Nc1nc(Cl)c2cn(CCc3ccccc3)nc2n1)c1ccc(C(F)(F)F)cc1. The highest BCUT2D eigenvalue weighted by atomic mass is 35.5. The van der Waals surface area contributed by atoms with Gasteiger partial charge in [-0.3, -0.25) is 14.8 Å². The standard InChI is InChI=1S/C21H15ClF3N5O/c22-17-16-12-30(11-10-13-4-2-1-3-5-13)29-18(16)27-20(26-17)28-19(31)14-6-8-15(9-7-14)21(23,24)25/h1-9,12H,10-11H2,(H,27,28,29,31). The number of hydrogen-bond acceptors (Lipinski definition) is 4. The number of benzene rings is 2. The number of nitrogens with zero attached hydrogens (tertiary/aromatic N) is 4. The van der Waals surface area contributed by atoms with Gasteiger partial charge in [0.15, 0.2) is 5.65 Å². The van der Waals surface area contributed by atoms with Crippen molar-refractivity contribution >= 4 is 34.5 Å². The van der Waals surface area contributed by atoms with Crippen LogP contribution in [0.4, 0.5) is 19.1 Å². The van der Waals surface area contributed by atoms with Crippen LogP contribution < -0.4 is 5.32 Å². The van der Waals surface area contributed by atoms with Crippen LogP contribution in [0.15, 0.2) is 60.8 Å². The van der Waals surface area contributed by atoms with E-state index in [0.717, 1.165) is 36.2 Å². The summed E-state index contributed by atoms with van der Waals surface area (Å²) in [6.45, 7) is 0.601. The molecule has 1 N–H and O–H groups in total. The maximum atomic E-state index is 12.7. The second kappa shape index (κ2) is 8.35. The maximum Gasteiger partial charge on any atom is 0.416 e. The van der Waals surface area contributed by atoms with E-state index in [1.54, 1.807) is 10.9 Å². The zero-order valence-electron chi connectivity index (χ0n) is 15.9. The summed E-state index contributed by atoms with van der Waals surface area (Å²) in [4.78, 5) is 20.6. The van der Waals surface area contributed by atoms with E-state index in [1.165, 1.54) is 0 Å². The predicted octanol–water partition coefficient (Wildman–Crippen LogP) is 4.99. The predicted molar refractivity (Wildman–Crippen MR) is 110 cm³/mol. The van der Waals surface area contributed by atoms with Crippen LogP contribution in [-0.2, 0) is 19.1 Å². The van der Waals surface area contributed by atoms with Crippen LogP contribution in [0.3, 0.4) is 0 Å². The first-order chi connectivity index (χ1) is 14.8. The molecule has 0 aliphatic rings. The summed E-state index contributed by atoms with van der Waals surface area (Å²) >= 11 is 6.21. The number of carbonyl (C=O) groups is 1. The molecule has 6 nitrogen and oxygen atoms in total. The normalized spacial score (nSPS) is 11.6. The number of rotatable bonds is 5. The van der Waals surface area contributed by atoms with Gasteiger partial charge in [0, 0.05) is 18.3 Å². The molecular formula is C21H15ClF3N5O. The third-order valence-corrected chi connectivity index (χ3v) is 4.84. The molecule has 0 saturated heterocycles. The molecule has 2 aromatic heterocycles. The van der Waals surface area contributed by atoms with Crippen molar-refractivity contribution in [2.45, 2.75) is 19.1 Å². The van der Waals surface area contributed by atoms with Gasteiger partial charge in [0.1, 0.15) is 5.15 Å². The van der Waals surface area contributed by atoms with Crippen molar-refractivity contribution < 1.29 is 18.0 Å². The number of anilines is 1. The molecule has 0 saturated carbocycles. The Kier molecular flexibility index (Phi) is 5.60. The molecule has 1 amide bonds. The average molecular weight is 446 g/mol.